The normalized spacial score (nSPS) is 23.0. The van der Waals surface area contributed by atoms with Gasteiger partial charge in [0.25, 0.3) is 5.91 Å². The van der Waals surface area contributed by atoms with Gasteiger partial charge >= 0.3 is 0 Å². The van der Waals surface area contributed by atoms with Gasteiger partial charge in [0.2, 0.25) is 0 Å². The largest absolute Gasteiger partial charge is 0.349 e. The Hall–Kier alpha value is -1.68. The van der Waals surface area contributed by atoms with Gasteiger partial charge in [0.05, 0.1) is 0 Å². The molecule has 0 aromatic heterocycles. The molecule has 1 aromatic rings. The lowest BCUT2D eigenvalue weighted by atomic mass is 9.96. The van der Waals surface area contributed by atoms with Crippen molar-refractivity contribution in [3.63, 3.8) is 0 Å². The SMILES string of the molecule is CC(C)(C)N1CCC(NC(=O)c2ccc([C@@H]3CCC(=O)C3)cc2)CC1. The van der Waals surface area contributed by atoms with Gasteiger partial charge in [0.15, 0.2) is 0 Å². The van der Waals surface area contributed by atoms with E-state index in [4.69, 9.17) is 0 Å². The molecule has 1 aliphatic carbocycles. The molecule has 1 saturated carbocycles. The molecule has 1 heterocycles. The number of hydrogen-bond donors (Lipinski definition) is 1. The zero-order valence-corrected chi connectivity index (χ0v) is 15.7. The van der Waals surface area contributed by atoms with E-state index in [1.165, 1.54) is 5.56 Å². The van der Waals surface area contributed by atoms with Crippen LogP contribution in [0, 0.1) is 0 Å². The molecular weight excluding hydrogens is 312 g/mol. The van der Waals surface area contributed by atoms with E-state index >= 15 is 0 Å². The zero-order chi connectivity index (χ0) is 18.0. The maximum Gasteiger partial charge on any atom is 0.251 e. The van der Waals surface area contributed by atoms with Gasteiger partial charge in [-0.1, -0.05) is 12.1 Å². The van der Waals surface area contributed by atoms with Crippen LogP contribution in [0.3, 0.4) is 0 Å². The standard InChI is InChI=1S/C21H30N2O2/c1-21(2,3)23-12-10-18(11-13-23)22-20(25)16-6-4-15(5-7-16)17-8-9-19(24)14-17/h4-7,17-18H,8-14H2,1-3H3,(H,22,25)/t17-/m1/s1. The molecule has 4 heteroatoms. The summed E-state index contributed by atoms with van der Waals surface area (Å²) in [5.74, 6) is 0.711. The Morgan fingerprint density at radius 1 is 1.08 bits per heavy atom. The Kier molecular flexibility index (Phi) is 5.28. The highest BCUT2D eigenvalue weighted by molar-refractivity contribution is 5.94. The summed E-state index contributed by atoms with van der Waals surface area (Å²) in [6.07, 6.45) is 4.30. The monoisotopic (exact) mass is 342 g/mol. The summed E-state index contributed by atoms with van der Waals surface area (Å²) in [5, 5.41) is 3.18. The Balaban J connectivity index is 1.53. The summed E-state index contributed by atoms with van der Waals surface area (Å²) in [4.78, 5) is 26.4. The maximum atomic E-state index is 12.5. The highest BCUT2D eigenvalue weighted by Gasteiger charge is 2.28. The minimum Gasteiger partial charge on any atom is -0.349 e. The molecule has 0 unspecified atom stereocenters. The van der Waals surface area contributed by atoms with Crippen LogP contribution in [-0.4, -0.2) is 41.3 Å². The van der Waals surface area contributed by atoms with E-state index in [-0.39, 0.29) is 17.5 Å². The number of nitrogens with one attached hydrogen (secondary N) is 1. The molecule has 0 bridgehead atoms. The van der Waals surface area contributed by atoms with Gasteiger partial charge in [-0.2, -0.15) is 0 Å². The van der Waals surface area contributed by atoms with Gasteiger partial charge in [0.1, 0.15) is 5.78 Å². The predicted molar refractivity (Wildman–Crippen MR) is 99.9 cm³/mol. The van der Waals surface area contributed by atoms with Crippen LogP contribution in [0.25, 0.3) is 0 Å². The van der Waals surface area contributed by atoms with E-state index in [0.717, 1.165) is 32.4 Å². The number of carbonyl (C=O) groups excluding carboxylic acids is 2. The lowest BCUT2D eigenvalue weighted by Gasteiger charge is -2.41. The summed E-state index contributed by atoms with van der Waals surface area (Å²) < 4.78 is 0. The molecule has 1 aromatic carbocycles. The van der Waals surface area contributed by atoms with E-state index in [2.05, 4.69) is 31.0 Å². The molecule has 0 spiro atoms. The fourth-order valence-corrected chi connectivity index (χ4v) is 3.97. The number of hydrogen-bond acceptors (Lipinski definition) is 3. The van der Waals surface area contributed by atoms with Crippen LogP contribution in [-0.2, 0) is 4.79 Å². The Morgan fingerprint density at radius 3 is 2.24 bits per heavy atom. The summed E-state index contributed by atoms with van der Waals surface area (Å²) >= 11 is 0. The van der Waals surface area contributed by atoms with Crippen molar-refractivity contribution in [3.05, 3.63) is 35.4 Å². The zero-order valence-electron chi connectivity index (χ0n) is 15.7. The second kappa shape index (κ2) is 7.28. The molecule has 1 saturated heterocycles. The Morgan fingerprint density at radius 2 is 1.72 bits per heavy atom. The Bertz CT molecular complexity index is 622. The van der Waals surface area contributed by atoms with Gasteiger partial charge in [-0.05, 0) is 63.6 Å². The Labute approximate surface area is 151 Å². The highest BCUT2D eigenvalue weighted by atomic mass is 16.1. The van der Waals surface area contributed by atoms with Crippen LogP contribution in [0.15, 0.2) is 24.3 Å². The molecule has 136 valence electrons. The summed E-state index contributed by atoms with van der Waals surface area (Å²) in [7, 11) is 0. The predicted octanol–water partition coefficient (Wildman–Crippen LogP) is 3.52. The molecule has 1 amide bonds. The molecule has 25 heavy (non-hydrogen) atoms. The van der Waals surface area contributed by atoms with Gasteiger partial charge in [-0.3, -0.25) is 14.5 Å². The van der Waals surface area contributed by atoms with Crippen LogP contribution < -0.4 is 5.32 Å². The summed E-state index contributed by atoms with van der Waals surface area (Å²) in [6, 6.07) is 8.09. The molecular formula is C21H30N2O2. The molecule has 3 rings (SSSR count). The fourth-order valence-electron chi connectivity index (χ4n) is 3.97. The van der Waals surface area contributed by atoms with Crippen molar-refractivity contribution in [2.75, 3.05) is 13.1 Å². The molecule has 1 N–H and O–H groups in total. The number of benzene rings is 1. The minimum atomic E-state index is 0.0169. The maximum absolute atomic E-state index is 12.5. The van der Waals surface area contributed by atoms with Crippen LogP contribution >= 0.6 is 0 Å². The van der Waals surface area contributed by atoms with Crippen molar-refractivity contribution in [1.29, 1.82) is 0 Å². The van der Waals surface area contributed by atoms with Crippen LogP contribution in [0.4, 0.5) is 0 Å². The molecule has 1 atom stereocenters. The van der Waals surface area contributed by atoms with Crippen molar-refractivity contribution in [3.8, 4) is 0 Å². The fraction of sp³-hybridized carbons (Fsp3) is 0.619. The average Bonchev–Trinajstić information content (AvgIpc) is 3.01. The van der Waals surface area contributed by atoms with E-state index in [9.17, 15) is 9.59 Å². The molecule has 1 aliphatic heterocycles. The van der Waals surface area contributed by atoms with Crippen LogP contribution in [0.2, 0.25) is 0 Å². The molecule has 2 aliphatic rings. The first kappa shape index (κ1) is 18.1. The number of likely N-dealkylation sites (tertiary alicyclic amines) is 1. The van der Waals surface area contributed by atoms with E-state index in [1.807, 2.05) is 24.3 Å². The molecule has 4 nitrogen and oxygen atoms in total. The lowest BCUT2D eigenvalue weighted by molar-refractivity contribution is -0.117. The number of carbonyl (C=O) groups is 2. The third kappa shape index (κ3) is 4.49. The van der Waals surface area contributed by atoms with Crippen LogP contribution in [0.1, 0.15) is 74.7 Å². The lowest BCUT2D eigenvalue weighted by Crippen LogP contribution is -2.50. The minimum absolute atomic E-state index is 0.0169. The number of amides is 1. The first-order chi connectivity index (χ1) is 11.8. The summed E-state index contributed by atoms with van der Waals surface area (Å²) in [6.45, 7) is 8.79. The van der Waals surface area contributed by atoms with Gasteiger partial charge in [-0.15, -0.1) is 0 Å². The number of nitrogens with zero attached hydrogens (tertiary/aromatic N) is 1. The van der Waals surface area contributed by atoms with Crippen molar-refractivity contribution in [2.45, 2.75) is 70.4 Å². The third-order valence-electron chi connectivity index (χ3n) is 5.67. The number of Topliss-reactive ketones (excluding diaryl/α,β-unsaturated/α-hetero) is 1. The van der Waals surface area contributed by atoms with Crippen molar-refractivity contribution in [2.24, 2.45) is 0 Å². The quantitative estimate of drug-likeness (QED) is 0.914. The number of piperidine rings is 1. The van der Waals surface area contributed by atoms with Gasteiger partial charge in [-0.25, -0.2) is 0 Å². The smallest absolute Gasteiger partial charge is 0.251 e. The third-order valence-corrected chi connectivity index (χ3v) is 5.67. The number of ketones is 1. The van der Waals surface area contributed by atoms with E-state index in [0.29, 0.717) is 30.1 Å². The topological polar surface area (TPSA) is 49.4 Å². The average molecular weight is 342 g/mol. The molecule has 0 radical (unpaired) electrons. The molecule has 2 fully saturated rings. The number of rotatable bonds is 3. The second-order valence-corrected chi connectivity index (χ2v) is 8.51. The first-order valence-electron chi connectivity index (χ1n) is 9.50. The van der Waals surface area contributed by atoms with Crippen molar-refractivity contribution < 1.29 is 9.59 Å². The van der Waals surface area contributed by atoms with Crippen molar-refractivity contribution in [1.82, 2.24) is 10.2 Å². The highest BCUT2D eigenvalue weighted by Crippen LogP contribution is 2.32. The second-order valence-electron chi connectivity index (χ2n) is 8.51. The first-order valence-corrected chi connectivity index (χ1v) is 9.50. The van der Waals surface area contributed by atoms with E-state index < -0.39 is 0 Å². The van der Waals surface area contributed by atoms with Gasteiger partial charge in [0, 0.05) is 43.1 Å². The summed E-state index contributed by atoms with van der Waals surface area (Å²) in [5.41, 5.74) is 2.10. The van der Waals surface area contributed by atoms with Crippen molar-refractivity contribution >= 4 is 11.7 Å². The van der Waals surface area contributed by atoms with Crippen LogP contribution in [0.5, 0.6) is 0 Å². The van der Waals surface area contributed by atoms with Gasteiger partial charge < -0.3 is 5.32 Å². The van der Waals surface area contributed by atoms with E-state index in [1.54, 1.807) is 0 Å².